The summed E-state index contributed by atoms with van der Waals surface area (Å²) in [6.45, 7) is 2.29. The lowest BCUT2D eigenvalue weighted by Crippen LogP contribution is -2.56. The minimum absolute atomic E-state index is 0.131. The van der Waals surface area contributed by atoms with Gasteiger partial charge >= 0.3 is 0 Å². The number of benzene rings is 1. The van der Waals surface area contributed by atoms with Crippen molar-refractivity contribution < 1.29 is 15.0 Å². The molecule has 0 spiro atoms. The molecule has 4 bridgehead atoms. The van der Waals surface area contributed by atoms with Gasteiger partial charge in [-0.2, -0.15) is 0 Å². The van der Waals surface area contributed by atoms with E-state index < -0.39 is 5.72 Å². The predicted octanol–water partition coefficient (Wildman–Crippen LogP) is 5.42. The van der Waals surface area contributed by atoms with Gasteiger partial charge in [0.2, 0.25) is 0 Å². The highest BCUT2D eigenvalue weighted by Gasteiger charge is 2.79. The second-order valence-electron chi connectivity index (χ2n) is 14.0. The molecule has 212 valence electrons. The number of aliphatic hydroxyl groups is 2. The molecular weight excluding hydrogens is 484 g/mol. The number of aldehydes is 1. The molecule has 5 fully saturated rings. The quantitative estimate of drug-likeness (QED) is 0.171. The summed E-state index contributed by atoms with van der Waals surface area (Å²) in [6, 6.07) is 9.57. The van der Waals surface area contributed by atoms with Crippen molar-refractivity contribution in [2.75, 3.05) is 0 Å². The number of nitrogens with one attached hydrogen (secondary N) is 1. The Bertz CT molecular complexity index is 1070. The molecular formula is C34H48N2O3. The van der Waals surface area contributed by atoms with Gasteiger partial charge in [-0.25, -0.2) is 0 Å². The fourth-order valence-corrected chi connectivity index (χ4v) is 10.3. The number of piperidine rings is 2. The fourth-order valence-electron chi connectivity index (χ4n) is 10.3. The molecule has 3 aliphatic carbocycles. The van der Waals surface area contributed by atoms with Crippen molar-refractivity contribution in [1.82, 2.24) is 10.2 Å². The van der Waals surface area contributed by atoms with Crippen molar-refractivity contribution in [2.24, 2.45) is 29.6 Å². The molecule has 3 N–H and O–H groups in total. The molecule has 4 aliphatic heterocycles. The summed E-state index contributed by atoms with van der Waals surface area (Å²) < 4.78 is 0. The van der Waals surface area contributed by atoms with Gasteiger partial charge in [-0.05, 0) is 55.9 Å². The largest absolute Gasteiger partial charge is 0.393 e. The van der Waals surface area contributed by atoms with E-state index in [9.17, 15) is 15.0 Å². The van der Waals surface area contributed by atoms with Crippen molar-refractivity contribution in [3.63, 3.8) is 0 Å². The number of unbranched alkanes of at least 4 members (excludes halogenated alkanes) is 2. The van der Waals surface area contributed by atoms with Gasteiger partial charge in [0.25, 0.3) is 0 Å². The standard InChI is InChI=1S/C34H48N2O3/c1-2-3-4-6-21-7-5-8-24(19-21)31(23-11-9-22(20-37)10-12-23)33-26-14-18-30-34(39,36(30)33)32(26)28-15-13-25-27(35-28)16-17-29(25)38/h9-12,14,18,20-21,24-33,35,38-39H,2-8,13,15-17,19H2,1H3. The lowest BCUT2D eigenvalue weighted by Gasteiger charge is -2.45. The molecule has 5 nitrogen and oxygen atoms in total. The molecule has 7 aliphatic rings. The molecule has 1 aromatic carbocycles. The van der Waals surface area contributed by atoms with Gasteiger partial charge in [0.05, 0.1) is 12.1 Å². The molecule has 3 saturated heterocycles. The first-order chi connectivity index (χ1) is 19.0. The van der Waals surface area contributed by atoms with Gasteiger partial charge in [0.15, 0.2) is 0 Å². The van der Waals surface area contributed by atoms with E-state index in [4.69, 9.17) is 0 Å². The van der Waals surface area contributed by atoms with E-state index in [1.54, 1.807) is 0 Å². The third-order valence-electron chi connectivity index (χ3n) is 12.0. The topological polar surface area (TPSA) is 72.6 Å². The highest BCUT2D eigenvalue weighted by Crippen LogP contribution is 2.66. The van der Waals surface area contributed by atoms with Gasteiger partial charge in [-0.1, -0.05) is 81.9 Å². The van der Waals surface area contributed by atoms with E-state index in [1.165, 1.54) is 56.9 Å². The maximum atomic E-state index is 12.2. The van der Waals surface area contributed by atoms with E-state index >= 15 is 0 Å². The number of rotatable bonds is 9. The first kappa shape index (κ1) is 26.4. The molecule has 0 aromatic heterocycles. The van der Waals surface area contributed by atoms with Gasteiger partial charge in [0, 0.05) is 47.4 Å². The SMILES string of the molecule is CCCCCC1CCCC(C(c2ccc(C=O)cc2)C2C3C=CC4N2C4(O)C3C2CCC3C(O)CCC3N2)C1. The second-order valence-corrected chi connectivity index (χ2v) is 14.0. The molecule has 13 unspecified atom stereocenters. The molecule has 5 heteroatoms. The molecule has 1 aromatic rings. The van der Waals surface area contributed by atoms with Crippen LogP contribution in [0.2, 0.25) is 0 Å². The van der Waals surface area contributed by atoms with Crippen LogP contribution >= 0.6 is 0 Å². The third-order valence-corrected chi connectivity index (χ3v) is 12.0. The number of aliphatic hydroxyl groups excluding tert-OH is 1. The number of hydrogen-bond donors (Lipinski definition) is 3. The van der Waals surface area contributed by atoms with E-state index in [-0.39, 0.29) is 18.1 Å². The van der Waals surface area contributed by atoms with E-state index in [0.29, 0.717) is 41.8 Å². The van der Waals surface area contributed by atoms with Crippen molar-refractivity contribution in [3.05, 3.63) is 47.5 Å². The van der Waals surface area contributed by atoms with Crippen LogP contribution in [0.3, 0.4) is 0 Å². The molecule has 2 saturated carbocycles. The van der Waals surface area contributed by atoms with Gasteiger partial charge in [-0.15, -0.1) is 0 Å². The zero-order chi connectivity index (χ0) is 26.7. The van der Waals surface area contributed by atoms with Crippen LogP contribution in [0.4, 0.5) is 0 Å². The molecule has 39 heavy (non-hydrogen) atoms. The Labute approximate surface area is 234 Å². The fraction of sp³-hybridized carbons (Fsp3) is 0.735. The van der Waals surface area contributed by atoms with Crippen LogP contribution in [0.15, 0.2) is 36.4 Å². The lowest BCUT2D eigenvalue weighted by atomic mass is 9.63. The minimum Gasteiger partial charge on any atom is -0.393 e. The van der Waals surface area contributed by atoms with Crippen molar-refractivity contribution in [1.29, 1.82) is 0 Å². The smallest absolute Gasteiger partial charge is 0.150 e. The van der Waals surface area contributed by atoms with Crippen molar-refractivity contribution in [3.8, 4) is 0 Å². The van der Waals surface area contributed by atoms with Gasteiger partial charge in [0.1, 0.15) is 12.0 Å². The summed E-state index contributed by atoms with van der Waals surface area (Å²) >= 11 is 0. The van der Waals surface area contributed by atoms with E-state index in [1.807, 2.05) is 12.1 Å². The summed E-state index contributed by atoms with van der Waals surface area (Å²) in [4.78, 5) is 13.9. The number of hydrogen-bond acceptors (Lipinski definition) is 5. The Morgan fingerprint density at radius 2 is 1.87 bits per heavy atom. The zero-order valence-electron chi connectivity index (χ0n) is 23.6. The van der Waals surface area contributed by atoms with E-state index in [0.717, 1.165) is 43.5 Å². The van der Waals surface area contributed by atoms with Crippen LogP contribution in [0, 0.1) is 29.6 Å². The van der Waals surface area contributed by atoms with Crippen LogP contribution in [0.25, 0.3) is 0 Å². The highest BCUT2D eigenvalue weighted by atomic mass is 16.3. The normalized spacial score (nSPS) is 46.6. The van der Waals surface area contributed by atoms with Crippen LogP contribution in [0.1, 0.15) is 106 Å². The van der Waals surface area contributed by atoms with Gasteiger partial charge < -0.3 is 15.5 Å². The molecule has 4 heterocycles. The van der Waals surface area contributed by atoms with Crippen LogP contribution in [-0.4, -0.2) is 57.4 Å². The van der Waals surface area contributed by atoms with Crippen LogP contribution in [-0.2, 0) is 0 Å². The molecule has 0 amide bonds. The first-order valence-electron chi connectivity index (χ1n) is 16.2. The second kappa shape index (κ2) is 10.4. The molecule has 13 atom stereocenters. The number of nitrogens with zero attached hydrogens (tertiary/aromatic N) is 1. The number of carbonyl (C=O) groups excluding carboxylic acids is 1. The Balaban J connectivity index is 1.18. The van der Waals surface area contributed by atoms with Crippen LogP contribution < -0.4 is 5.32 Å². The Kier molecular flexibility index (Phi) is 7.02. The van der Waals surface area contributed by atoms with Crippen molar-refractivity contribution in [2.45, 2.75) is 126 Å². The number of carbonyl (C=O) groups is 1. The highest BCUT2D eigenvalue weighted by molar-refractivity contribution is 5.74. The Morgan fingerprint density at radius 1 is 1.05 bits per heavy atom. The lowest BCUT2D eigenvalue weighted by molar-refractivity contribution is 0.0130. The monoisotopic (exact) mass is 532 g/mol. The summed E-state index contributed by atoms with van der Waals surface area (Å²) in [7, 11) is 0. The zero-order valence-corrected chi connectivity index (χ0v) is 23.6. The maximum absolute atomic E-state index is 12.2. The average Bonchev–Trinajstić information content (AvgIpc) is 3.31. The summed E-state index contributed by atoms with van der Waals surface area (Å²) in [5.41, 5.74) is 1.36. The Hall–Kier alpha value is -1.53. The summed E-state index contributed by atoms with van der Waals surface area (Å²) in [5, 5.41) is 26.7. The summed E-state index contributed by atoms with van der Waals surface area (Å²) in [5.74, 6) is 2.72. The first-order valence-corrected chi connectivity index (χ1v) is 16.2. The third kappa shape index (κ3) is 4.29. The Morgan fingerprint density at radius 3 is 2.67 bits per heavy atom. The predicted molar refractivity (Wildman–Crippen MR) is 153 cm³/mol. The summed E-state index contributed by atoms with van der Waals surface area (Å²) in [6.07, 6.45) is 20.2. The maximum Gasteiger partial charge on any atom is 0.150 e. The van der Waals surface area contributed by atoms with E-state index in [2.05, 4.69) is 41.4 Å². The van der Waals surface area contributed by atoms with Crippen LogP contribution in [0.5, 0.6) is 0 Å². The van der Waals surface area contributed by atoms with Crippen molar-refractivity contribution >= 4 is 6.29 Å². The molecule has 8 rings (SSSR count). The van der Waals surface area contributed by atoms with Gasteiger partial charge in [-0.3, -0.25) is 9.69 Å². The minimum atomic E-state index is -0.734. The molecule has 0 radical (unpaired) electrons. The average molecular weight is 533 g/mol. The number of fused-ring (bicyclic) bond motifs is 1.